The number of halogens is 2. The molecule has 0 N–H and O–H groups in total. The fraction of sp³-hybridized carbons (Fsp3) is 0.429. The molecule has 0 radical (unpaired) electrons. The molecule has 1 heterocycles. The normalized spacial score (nSPS) is 10.8. The molecule has 0 spiro atoms. The smallest absolute Gasteiger partial charge is 0.232 e. The third-order valence-electron chi connectivity index (χ3n) is 1.27. The summed E-state index contributed by atoms with van der Waals surface area (Å²) in [4.78, 5) is 7.56. The third-order valence-corrected chi connectivity index (χ3v) is 1.89. The molecular formula is C7H8F2N2S. The van der Waals surface area contributed by atoms with Crippen LogP contribution in [0.2, 0.25) is 0 Å². The number of aryl methyl sites for hydroxylation is 1. The van der Waals surface area contributed by atoms with Crippen LogP contribution >= 0.6 is 11.8 Å². The van der Waals surface area contributed by atoms with Crippen LogP contribution in [0.1, 0.15) is 17.9 Å². The SMILES string of the molecule is CSc1cc(C(F)F)nc(C)n1. The molecule has 66 valence electrons. The van der Waals surface area contributed by atoms with Gasteiger partial charge in [0.05, 0.1) is 5.03 Å². The quantitative estimate of drug-likeness (QED) is 0.529. The molecule has 1 aromatic rings. The van der Waals surface area contributed by atoms with Gasteiger partial charge in [-0.3, -0.25) is 0 Å². The molecule has 2 nitrogen and oxygen atoms in total. The highest BCUT2D eigenvalue weighted by Gasteiger charge is 2.10. The van der Waals surface area contributed by atoms with Crippen molar-refractivity contribution in [2.24, 2.45) is 0 Å². The molecule has 0 aliphatic carbocycles. The standard InChI is InChI=1S/C7H8F2N2S/c1-4-10-5(7(8)9)3-6(11-4)12-2/h3,7H,1-2H3. The zero-order chi connectivity index (χ0) is 9.14. The van der Waals surface area contributed by atoms with Gasteiger partial charge in [0.1, 0.15) is 11.5 Å². The van der Waals surface area contributed by atoms with Crippen molar-refractivity contribution >= 4 is 11.8 Å². The monoisotopic (exact) mass is 190 g/mol. The number of rotatable bonds is 2. The third kappa shape index (κ3) is 2.14. The van der Waals surface area contributed by atoms with E-state index in [0.29, 0.717) is 10.9 Å². The van der Waals surface area contributed by atoms with Gasteiger partial charge >= 0.3 is 0 Å². The second-order valence-electron chi connectivity index (χ2n) is 2.18. The topological polar surface area (TPSA) is 25.8 Å². The van der Waals surface area contributed by atoms with Gasteiger partial charge in [-0.15, -0.1) is 11.8 Å². The number of nitrogens with zero attached hydrogens (tertiary/aromatic N) is 2. The Bertz CT molecular complexity index is 278. The second kappa shape index (κ2) is 3.80. The molecule has 0 aliphatic rings. The number of hydrogen-bond donors (Lipinski definition) is 0. The van der Waals surface area contributed by atoms with Crippen molar-refractivity contribution in [3.63, 3.8) is 0 Å². The summed E-state index contributed by atoms with van der Waals surface area (Å²) in [6, 6.07) is 1.31. The Kier molecular flexibility index (Phi) is 2.97. The summed E-state index contributed by atoms with van der Waals surface area (Å²) in [6.07, 6.45) is -0.727. The summed E-state index contributed by atoms with van der Waals surface area (Å²) < 4.78 is 24.3. The maximum atomic E-state index is 12.2. The first-order valence-electron chi connectivity index (χ1n) is 3.31. The second-order valence-corrected chi connectivity index (χ2v) is 3.01. The van der Waals surface area contributed by atoms with Crippen LogP contribution in [0.25, 0.3) is 0 Å². The molecule has 12 heavy (non-hydrogen) atoms. The average Bonchev–Trinajstić information content (AvgIpc) is 2.03. The van der Waals surface area contributed by atoms with Crippen LogP contribution in [0.5, 0.6) is 0 Å². The van der Waals surface area contributed by atoms with Crippen molar-refractivity contribution in [1.29, 1.82) is 0 Å². The molecule has 0 saturated heterocycles. The van der Waals surface area contributed by atoms with Crippen LogP contribution in [-0.4, -0.2) is 16.2 Å². The zero-order valence-electron chi connectivity index (χ0n) is 6.71. The van der Waals surface area contributed by atoms with E-state index in [4.69, 9.17) is 0 Å². The largest absolute Gasteiger partial charge is 0.280 e. The maximum absolute atomic E-state index is 12.2. The minimum absolute atomic E-state index is 0.202. The first-order chi connectivity index (χ1) is 5.63. The highest BCUT2D eigenvalue weighted by Crippen LogP contribution is 2.20. The van der Waals surface area contributed by atoms with Crippen LogP contribution in [0.15, 0.2) is 11.1 Å². The van der Waals surface area contributed by atoms with Crippen molar-refractivity contribution in [2.45, 2.75) is 18.4 Å². The molecule has 1 aromatic heterocycles. The van der Waals surface area contributed by atoms with Crippen LogP contribution < -0.4 is 0 Å². The van der Waals surface area contributed by atoms with Crippen molar-refractivity contribution in [3.05, 3.63) is 17.6 Å². The van der Waals surface area contributed by atoms with E-state index in [-0.39, 0.29) is 5.69 Å². The molecule has 0 amide bonds. The van der Waals surface area contributed by atoms with Gasteiger partial charge in [0.15, 0.2) is 0 Å². The molecule has 1 rings (SSSR count). The predicted octanol–water partition coefficient (Wildman–Crippen LogP) is 2.44. The van der Waals surface area contributed by atoms with Gasteiger partial charge in [-0.25, -0.2) is 18.7 Å². The summed E-state index contributed by atoms with van der Waals surface area (Å²) in [6.45, 7) is 1.60. The van der Waals surface area contributed by atoms with E-state index < -0.39 is 6.43 Å². The molecule has 0 fully saturated rings. The first kappa shape index (κ1) is 9.38. The Hall–Kier alpha value is -0.710. The minimum atomic E-state index is -2.52. The van der Waals surface area contributed by atoms with E-state index in [0.717, 1.165) is 0 Å². The summed E-state index contributed by atoms with van der Waals surface area (Å²) in [5.74, 6) is 0.386. The molecule has 0 saturated carbocycles. The highest BCUT2D eigenvalue weighted by molar-refractivity contribution is 7.98. The van der Waals surface area contributed by atoms with Gasteiger partial charge in [0, 0.05) is 0 Å². The number of alkyl halides is 2. The average molecular weight is 190 g/mol. The van der Waals surface area contributed by atoms with E-state index in [1.54, 1.807) is 13.2 Å². The predicted molar refractivity (Wildman–Crippen MR) is 43.5 cm³/mol. The van der Waals surface area contributed by atoms with Gasteiger partial charge in [-0.2, -0.15) is 0 Å². The molecule has 0 aliphatic heterocycles. The van der Waals surface area contributed by atoms with Crippen LogP contribution in [-0.2, 0) is 0 Å². The summed E-state index contributed by atoms with van der Waals surface area (Å²) >= 11 is 1.33. The minimum Gasteiger partial charge on any atom is -0.232 e. The zero-order valence-corrected chi connectivity index (χ0v) is 7.53. The first-order valence-corrected chi connectivity index (χ1v) is 4.53. The summed E-state index contributed by atoms with van der Waals surface area (Å²) in [7, 11) is 0. The fourth-order valence-corrected chi connectivity index (χ4v) is 1.24. The molecule has 5 heteroatoms. The Morgan fingerprint density at radius 1 is 1.42 bits per heavy atom. The van der Waals surface area contributed by atoms with Crippen molar-refractivity contribution < 1.29 is 8.78 Å². The van der Waals surface area contributed by atoms with Gasteiger partial charge in [0.2, 0.25) is 0 Å². The fourth-order valence-electron chi connectivity index (χ4n) is 0.779. The van der Waals surface area contributed by atoms with E-state index in [2.05, 4.69) is 9.97 Å². The van der Waals surface area contributed by atoms with Gasteiger partial charge in [-0.1, -0.05) is 0 Å². The maximum Gasteiger partial charge on any atom is 0.280 e. The summed E-state index contributed by atoms with van der Waals surface area (Å²) in [5, 5.41) is 0.581. The lowest BCUT2D eigenvalue weighted by atomic mass is 10.4. The Balaban J connectivity index is 3.06. The number of aromatic nitrogens is 2. The molecule has 0 aromatic carbocycles. The van der Waals surface area contributed by atoms with Crippen molar-refractivity contribution in [3.8, 4) is 0 Å². The van der Waals surface area contributed by atoms with Gasteiger partial charge in [0.25, 0.3) is 6.43 Å². The Morgan fingerprint density at radius 2 is 2.08 bits per heavy atom. The van der Waals surface area contributed by atoms with E-state index in [9.17, 15) is 8.78 Å². The van der Waals surface area contributed by atoms with E-state index in [1.165, 1.54) is 17.8 Å². The van der Waals surface area contributed by atoms with Crippen molar-refractivity contribution in [2.75, 3.05) is 6.26 Å². The van der Waals surface area contributed by atoms with E-state index >= 15 is 0 Å². The molecule has 0 unspecified atom stereocenters. The lowest BCUT2D eigenvalue weighted by Gasteiger charge is -2.02. The number of hydrogen-bond acceptors (Lipinski definition) is 3. The molecular weight excluding hydrogens is 182 g/mol. The van der Waals surface area contributed by atoms with Gasteiger partial charge in [-0.05, 0) is 19.2 Å². The van der Waals surface area contributed by atoms with Gasteiger partial charge < -0.3 is 0 Å². The number of thioether (sulfide) groups is 1. The van der Waals surface area contributed by atoms with Crippen LogP contribution in [0.3, 0.4) is 0 Å². The summed E-state index contributed by atoms with van der Waals surface area (Å²) in [5.41, 5.74) is -0.202. The highest BCUT2D eigenvalue weighted by atomic mass is 32.2. The van der Waals surface area contributed by atoms with Crippen molar-refractivity contribution in [1.82, 2.24) is 9.97 Å². The van der Waals surface area contributed by atoms with E-state index in [1.807, 2.05) is 0 Å². The Labute approximate surface area is 73.4 Å². The van der Waals surface area contributed by atoms with Crippen LogP contribution in [0.4, 0.5) is 8.78 Å². The lowest BCUT2D eigenvalue weighted by Crippen LogP contribution is -1.96. The lowest BCUT2D eigenvalue weighted by molar-refractivity contribution is 0.145. The molecule has 0 bridgehead atoms. The Morgan fingerprint density at radius 3 is 2.58 bits per heavy atom. The molecule has 0 atom stereocenters. The van der Waals surface area contributed by atoms with Crippen LogP contribution in [0, 0.1) is 6.92 Å².